The summed E-state index contributed by atoms with van der Waals surface area (Å²) < 4.78 is 27.2. The first-order chi connectivity index (χ1) is 12.2. The van der Waals surface area contributed by atoms with Crippen LogP contribution in [-0.2, 0) is 23.2 Å². The van der Waals surface area contributed by atoms with Gasteiger partial charge in [0.2, 0.25) is 0 Å². The summed E-state index contributed by atoms with van der Waals surface area (Å²) in [6, 6.07) is 5.68. The minimum Gasteiger partial charge on any atom is -0.298 e. The molecule has 0 atom stereocenters. The zero-order valence-electron chi connectivity index (χ0n) is 15.2. The molecule has 0 spiro atoms. The van der Waals surface area contributed by atoms with E-state index in [0.717, 1.165) is 21.7 Å². The summed E-state index contributed by atoms with van der Waals surface area (Å²) in [4.78, 5) is 17.8. The van der Waals surface area contributed by atoms with Crippen LogP contribution in [0.2, 0.25) is 0 Å². The number of carbonyl (C=O) groups is 1. The number of aryl methyl sites for hydroxylation is 2. The maximum absolute atomic E-state index is 12.5. The number of rotatable bonds is 4. The van der Waals surface area contributed by atoms with E-state index < -0.39 is 10.2 Å². The SMILES string of the molecule is Cc1cc(C)cc(C(=O)Nc2nc3c(s2)CN(S(=O)(=O)N(C)C)CC3)c1. The Morgan fingerprint density at radius 1 is 1.23 bits per heavy atom. The van der Waals surface area contributed by atoms with E-state index >= 15 is 0 Å². The summed E-state index contributed by atoms with van der Waals surface area (Å²) in [6.45, 7) is 4.58. The Labute approximate surface area is 157 Å². The maximum Gasteiger partial charge on any atom is 0.281 e. The summed E-state index contributed by atoms with van der Waals surface area (Å²) in [5.74, 6) is -0.208. The van der Waals surface area contributed by atoms with Crippen LogP contribution >= 0.6 is 11.3 Å². The van der Waals surface area contributed by atoms with E-state index in [0.29, 0.717) is 23.7 Å². The smallest absolute Gasteiger partial charge is 0.281 e. The van der Waals surface area contributed by atoms with Crippen LogP contribution in [0.4, 0.5) is 5.13 Å². The van der Waals surface area contributed by atoms with Gasteiger partial charge in [0.05, 0.1) is 12.2 Å². The number of nitrogens with one attached hydrogen (secondary N) is 1. The predicted molar refractivity (Wildman–Crippen MR) is 103 cm³/mol. The fraction of sp³-hybridized carbons (Fsp3) is 0.412. The second kappa shape index (κ2) is 7.07. The van der Waals surface area contributed by atoms with E-state index in [1.165, 1.54) is 34.0 Å². The Balaban J connectivity index is 1.77. The minimum atomic E-state index is -3.45. The van der Waals surface area contributed by atoms with Gasteiger partial charge < -0.3 is 0 Å². The molecule has 0 bridgehead atoms. The van der Waals surface area contributed by atoms with Crippen LogP contribution in [-0.4, -0.2) is 48.6 Å². The van der Waals surface area contributed by atoms with Crippen molar-refractivity contribution in [3.05, 3.63) is 45.5 Å². The van der Waals surface area contributed by atoms with E-state index in [4.69, 9.17) is 0 Å². The van der Waals surface area contributed by atoms with Crippen molar-refractivity contribution in [1.82, 2.24) is 13.6 Å². The van der Waals surface area contributed by atoms with Crippen LogP contribution in [0.1, 0.15) is 32.1 Å². The van der Waals surface area contributed by atoms with E-state index in [-0.39, 0.29) is 12.5 Å². The highest BCUT2D eigenvalue weighted by atomic mass is 32.2. The summed E-state index contributed by atoms with van der Waals surface area (Å²) in [5.41, 5.74) is 3.50. The molecule has 7 nitrogen and oxygen atoms in total. The second-order valence-electron chi connectivity index (χ2n) is 6.59. The Hall–Kier alpha value is -1.81. The monoisotopic (exact) mass is 394 g/mol. The third-order valence-electron chi connectivity index (χ3n) is 4.19. The van der Waals surface area contributed by atoms with Gasteiger partial charge in [-0.15, -0.1) is 11.3 Å². The van der Waals surface area contributed by atoms with Crippen molar-refractivity contribution < 1.29 is 13.2 Å². The average Bonchev–Trinajstić information content (AvgIpc) is 2.94. The van der Waals surface area contributed by atoms with Crippen molar-refractivity contribution in [3.63, 3.8) is 0 Å². The average molecular weight is 395 g/mol. The normalized spacial score (nSPS) is 15.1. The molecule has 0 unspecified atom stereocenters. The molecule has 1 aliphatic heterocycles. The van der Waals surface area contributed by atoms with Crippen molar-refractivity contribution in [1.29, 1.82) is 0 Å². The minimum absolute atomic E-state index is 0.208. The number of carbonyl (C=O) groups excluding carboxylic acids is 1. The molecule has 0 radical (unpaired) electrons. The van der Waals surface area contributed by atoms with Gasteiger partial charge in [-0.1, -0.05) is 17.2 Å². The highest BCUT2D eigenvalue weighted by Gasteiger charge is 2.30. The zero-order chi connectivity index (χ0) is 19.1. The Morgan fingerprint density at radius 3 is 2.50 bits per heavy atom. The summed E-state index contributed by atoms with van der Waals surface area (Å²) in [5, 5.41) is 3.34. The Bertz CT molecular complexity index is 931. The molecule has 0 aliphatic carbocycles. The molecule has 1 aromatic carbocycles. The van der Waals surface area contributed by atoms with Gasteiger partial charge in [-0.2, -0.15) is 17.0 Å². The van der Waals surface area contributed by atoms with Gasteiger partial charge in [0.25, 0.3) is 16.1 Å². The van der Waals surface area contributed by atoms with Gasteiger partial charge in [-0.25, -0.2) is 4.98 Å². The van der Waals surface area contributed by atoms with Crippen LogP contribution in [0.5, 0.6) is 0 Å². The lowest BCUT2D eigenvalue weighted by Gasteiger charge is -2.27. The van der Waals surface area contributed by atoms with Crippen molar-refractivity contribution in [2.24, 2.45) is 0 Å². The summed E-state index contributed by atoms with van der Waals surface area (Å²) in [6.07, 6.45) is 0.540. The molecule has 0 fully saturated rings. The molecule has 0 saturated heterocycles. The number of benzene rings is 1. The number of fused-ring (bicyclic) bond motifs is 1. The molecule has 1 amide bonds. The highest BCUT2D eigenvalue weighted by Crippen LogP contribution is 2.30. The lowest BCUT2D eigenvalue weighted by Crippen LogP contribution is -2.42. The Morgan fingerprint density at radius 2 is 1.88 bits per heavy atom. The van der Waals surface area contributed by atoms with Crippen LogP contribution < -0.4 is 5.32 Å². The molecule has 1 N–H and O–H groups in total. The van der Waals surface area contributed by atoms with Crippen molar-refractivity contribution in [2.75, 3.05) is 26.0 Å². The first-order valence-electron chi connectivity index (χ1n) is 8.22. The first-order valence-corrected chi connectivity index (χ1v) is 10.4. The van der Waals surface area contributed by atoms with Gasteiger partial charge in [-0.3, -0.25) is 10.1 Å². The molecule has 3 rings (SSSR count). The fourth-order valence-electron chi connectivity index (χ4n) is 2.93. The molecule has 1 aromatic heterocycles. The number of anilines is 1. The number of hydrogen-bond acceptors (Lipinski definition) is 5. The number of nitrogens with zero attached hydrogens (tertiary/aromatic N) is 3. The zero-order valence-corrected chi connectivity index (χ0v) is 16.9. The number of thiazole rings is 1. The number of hydrogen-bond donors (Lipinski definition) is 1. The topological polar surface area (TPSA) is 82.6 Å². The number of amides is 1. The van der Waals surface area contributed by atoms with Crippen LogP contribution in [0.25, 0.3) is 0 Å². The van der Waals surface area contributed by atoms with Gasteiger partial charge in [0.15, 0.2) is 5.13 Å². The molecule has 26 heavy (non-hydrogen) atoms. The molecule has 1 aliphatic rings. The maximum atomic E-state index is 12.5. The fourth-order valence-corrected chi connectivity index (χ4v) is 5.11. The predicted octanol–water partition coefficient (Wildman–Crippen LogP) is 2.18. The largest absolute Gasteiger partial charge is 0.298 e. The molecule has 2 heterocycles. The molecule has 140 valence electrons. The van der Waals surface area contributed by atoms with E-state index in [2.05, 4.69) is 10.3 Å². The van der Waals surface area contributed by atoms with E-state index in [9.17, 15) is 13.2 Å². The third kappa shape index (κ3) is 3.80. The van der Waals surface area contributed by atoms with Crippen molar-refractivity contribution in [2.45, 2.75) is 26.8 Å². The van der Waals surface area contributed by atoms with Crippen LogP contribution in [0.3, 0.4) is 0 Å². The highest BCUT2D eigenvalue weighted by molar-refractivity contribution is 7.86. The van der Waals surface area contributed by atoms with Crippen LogP contribution in [0, 0.1) is 13.8 Å². The summed E-state index contributed by atoms with van der Waals surface area (Å²) >= 11 is 1.33. The molecule has 0 saturated carbocycles. The third-order valence-corrected chi connectivity index (χ3v) is 7.07. The second-order valence-corrected chi connectivity index (χ2v) is 9.82. The lowest BCUT2D eigenvalue weighted by atomic mass is 10.1. The quantitative estimate of drug-likeness (QED) is 0.862. The van der Waals surface area contributed by atoms with Crippen molar-refractivity contribution >= 4 is 32.6 Å². The lowest BCUT2D eigenvalue weighted by molar-refractivity contribution is 0.102. The van der Waals surface area contributed by atoms with E-state index in [1.807, 2.05) is 32.0 Å². The first kappa shape index (κ1) is 19.0. The van der Waals surface area contributed by atoms with Gasteiger partial charge >= 0.3 is 0 Å². The van der Waals surface area contributed by atoms with Gasteiger partial charge in [-0.05, 0) is 26.0 Å². The molecule has 2 aromatic rings. The van der Waals surface area contributed by atoms with Gasteiger partial charge in [0, 0.05) is 37.5 Å². The van der Waals surface area contributed by atoms with Crippen molar-refractivity contribution in [3.8, 4) is 0 Å². The standard InChI is InChI=1S/C17H22N4O3S2/c1-11-7-12(2)9-13(8-11)16(22)19-17-18-14-5-6-21(10-15(14)25-17)26(23,24)20(3)4/h7-9H,5-6,10H2,1-4H3,(H,18,19,22). The molecular weight excluding hydrogens is 372 g/mol. The van der Waals surface area contributed by atoms with Crippen LogP contribution in [0.15, 0.2) is 18.2 Å². The Kier molecular flexibility index (Phi) is 5.16. The molecular formula is C17H22N4O3S2. The van der Waals surface area contributed by atoms with Gasteiger partial charge in [0.1, 0.15) is 0 Å². The van der Waals surface area contributed by atoms with E-state index in [1.54, 1.807) is 0 Å². The summed E-state index contributed by atoms with van der Waals surface area (Å²) in [7, 11) is -0.409. The number of aromatic nitrogens is 1. The molecule has 9 heteroatoms.